The van der Waals surface area contributed by atoms with E-state index in [-0.39, 0.29) is 11.9 Å². The van der Waals surface area contributed by atoms with Crippen molar-refractivity contribution >= 4 is 12.3 Å². The molecule has 3 nitrogen and oxygen atoms in total. The SMILES string of the molecule is C/C=C/C(=O)N(C=O)C1CCCCC1. The first kappa shape index (κ1) is 11.0. The summed E-state index contributed by atoms with van der Waals surface area (Å²) in [5.41, 5.74) is 0. The molecule has 0 radical (unpaired) electrons. The van der Waals surface area contributed by atoms with Gasteiger partial charge in [0, 0.05) is 6.04 Å². The minimum absolute atomic E-state index is 0.130. The number of amides is 2. The topological polar surface area (TPSA) is 37.4 Å². The van der Waals surface area contributed by atoms with Crippen LogP contribution in [0.2, 0.25) is 0 Å². The van der Waals surface area contributed by atoms with E-state index < -0.39 is 0 Å². The van der Waals surface area contributed by atoms with Crippen LogP contribution >= 0.6 is 0 Å². The summed E-state index contributed by atoms with van der Waals surface area (Å²) in [5.74, 6) is -0.186. The fourth-order valence-electron chi connectivity index (χ4n) is 1.91. The second-order valence-electron chi connectivity index (χ2n) is 3.64. The predicted octanol–water partition coefficient (Wildman–Crippen LogP) is 1.88. The zero-order valence-corrected chi connectivity index (χ0v) is 8.61. The zero-order valence-electron chi connectivity index (χ0n) is 8.61. The van der Waals surface area contributed by atoms with Crippen LogP contribution in [-0.2, 0) is 9.59 Å². The number of carbonyl (C=O) groups excluding carboxylic acids is 2. The molecular formula is C11H17NO2. The summed E-state index contributed by atoms with van der Waals surface area (Å²) in [6.07, 6.45) is 9.17. The summed E-state index contributed by atoms with van der Waals surface area (Å²) < 4.78 is 0. The van der Waals surface area contributed by atoms with Gasteiger partial charge in [0.25, 0.3) is 5.91 Å². The molecule has 1 fully saturated rings. The highest BCUT2D eigenvalue weighted by atomic mass is 16.2. The first-order valence-electron chi connectivity index (χ1n) is 5.20. The van der Waals surface area contributed by atoms with Gasteiger partial charge >= 0.3 is 0 Å². The van der Waals surface area contributed by atoms with Crippen LogP contribution in [0.4, 0.5) is 0 Å². The lowest BCUT2D eigenvalue weighted by Gasteiger charge is -2.28. The van der Waals surface area contributed by atoms with Gasteiger partial charge in [-0.05, 0) is 25.8 Å². The fourth-order valence-corrected chi connectivity index (χ4v) is 1.91. The molecule has 0 spiro atoms. The molecule has 0 bridgehead atoms. The highest BCUT2D eigenvalue weighted by molar-refractivity contribution is 5.94. The maximum atomic E-state index is 11.5. The maximum Gasteiger partial charge on any atom is 0.252 e. The Kier molecular flexibility index (Phi) is 4.36. The molecule has 78 valence electrons. The smallest absolute Gasteiger partial charge is 0.252 e. The Bertz CT molecular complexity index is 229. The molecular weight excluding hydrogens is 178 g/mol. The second kappa shape index (κ2) is 5.58. The van der Waals surface area contributed by atoms with Crippen LogP contribution in [0, 0.1) is 0 Å². The third kappa shape index (κ3) is 2.69. The van der Waals surface area contributed by atoms with Gasteiger partial charge in [0.05, 0.1) is 0 Å². The number of imide groups is 1. The summed E-state index contributed by atoms with van der Waals surface area (Å²) in [6.45, 7) is 1.78. The van der Waals surface area contributed by atoms with Gasteiger partial charge in [-0.3, -0.25) is 14.5 Å². The van der Waals surface area contributed by atoms with Crippen LogP contribution in [0.3, 0.4) is 0 Å². The molecule has 1 aliphatic carbocycles. The lowest BCUT2D eigenvalue weighted by Crippen LogP contribution is -2.39. The first-order valence-corrected chi connectivity index (χ1v) is 5.20. The Balaban J connectivity index is 2.59. The molecule has 0 saturated heterocycles. The van der Waals surface area contributed by atoms with E-state index in [1.54, 1.807) is 13.0 Å². The number of hydrogen-bond acceptors (Lipinski definition) is 2. The summed E-state index contributed by atoms with van der Waals surface area (Å²) in [6, 6.07) is 0.130. The average molecular weight is 195 g/mol. The Hall–Kier alpha value is -1.12. The van der Waals surface area contributed by atoms with Crippen molar-refractivity contribution in [3.8, 4) is 0 Å². The Labute approximate surface area is 84.8 Å². The van der Waals surface area contributed by atoms with Gasteiger partial charge in [-0.25, -0.2) is 0 Å². The van der Waals surface area contributed by atoms with Crippen molar-refractivity contribution in [1.82, 2.24) is 4.90 Å². The van der Waals surface area contributed by atoms with E-state index in [1.807, 2.05) is 0 Å². The number of allylic oxidation sites excluding steroid dienone is 1. The van der Waals surface area contributed by atoms with Crippen molar-refractivity contribution in [3.05, 3.63) is 12.2 Å². The van der Waals surface area contributed by atoms with Crippen molar-refractivity contribution in [2.24, 2.45) is 0 Å². The number of hydrogen-bond donors (Lipinski definition) is 0. The molecule has 2 amide bonds. The van der Waals surface area contributed by atoms with Gasteiger partial charge in [-0.1, -0.05) is 25.3 Å². The predicted molar refractivity (Wildman–Crippen MR) is 54.6 cm³/mol. The van der Waals surface area contributed by atoms with Crippen LogP contribution in [0.15, 0.2) is 12.2 Å². The summed E-state index contributed by atoms with van der Waals surface area (Å²) in [7, 11) is 0. The average Bonchev–Trinajstić information content (AvgIpc) is 2.21. The molecule has 0 heterocycles. The molecule has 1 saturated carbocycles. The number of nitrogens with zero attached hydrogens (tertiary/aromatic N) is 1. The van der Waals surface area contributed by atoms with Crippen LogP contribution in [0.5, 0.6) is 0 Å². The molecule has 1 aliphatic rings. The van der Waals surface area contributed by atoms with E-state index in [1.165, 1.54) is 17.4 Å². The highest BCUT2D eigenvalue weighted by Crippen LogP contribution is 2.21. The van der Waals surface area contributed by atoms with Crippen molar-refractivity contribution in [2.45, 2.75) is 45.1 Å². The van der Waals surface area contributed by atoms with Crippen molar-refractivity contribution in [1.29, 1.82) is 0 Å². The Morgan fingerprint density at radius 1 is 1.29 bits per heavy atom. The molecule has 14 heavy (non-hydrogen) atoms. The number of rotatable bonds is 3. The van der Waals surface area contributed by atoms with Gasteiger partial charge in [-0.15, -0.1) is 0 Å². The van der Waals surface area contributed by atoms with Gasteiger partial charge in [0.15, 0.2) is 0 Å². The van der Waals surface area contributed by atoms with Gasteiger partial charge in [-0.2, -0.15) is 0 Å². The maximum absolute atomic E-state index is 11.5. The second-order valence-corrected chi connectivity index (χ2v) is 3.64. The van der Waals surface area contributed by atoms with E-state index in [0.29, 0.717) is 6.41 Å². The minimum atomic E-state index is -0.186. The fraction of sp³-hybridized carbons (Fsp3) is 0.636. The molecule has 1 rings (SSSR count). The highest BCUT2D eigenvalue weighted by Gasteiger charge is 2.23. The van der Waals surface area contributed by atoms with Crippen molar-refractivity contribution in [3.63, 3.8) is 0 Å². The first-order chi connectivity index (χ1) is 6.79. The molecule has 0 aromatic carbocycles. The third-order valence-corrected chi connectivity index (χ3v) is 2.65. The summed E-state index contributed by atoms with van der Waals surface area (Å²) in [5, 5.41) is 0. The van der Waals surface area contributed by atoms with Gasteiger partial charge < -0.3 is 0 Å². The summed E-state index contributed by atoms with van der Waals surface area (Å²) >= 11 is 0. The van der Waals surface area contributed by atoms with Crippen LogP contribution in [0.25, 0.3) is 0 Å². The number of carbonyl (C=O) groups is 2. The summed E-state index contributed by atoms with van der Waals surface area (Å²) in [4.78, 5) is 23.6. The molecule has 3 heteroatoms. The molecule has 0 aliphatic heterocycles. The van der Waals surface area contributed by atoms with Gasteiger partial charge in [0.2, 0.25) is 6.41 Å². The van der Waals surface area contributed by atoms with Crippen molar-refractivity contribution < 1.29 is 9.59 Å². The Morgan fingerprint density at radius 3 is 2.43 bits per heavy atom. The van der Waals surface area contributed by atoms with E-state index in [4.69, 9.17) is 0 Å². The van der Waals surface area contributed by atoms with Crippen molar-refractivity contribution in [2.75, 3.05) is 0 Å². The normalized spacial score (nSPS) is 18.4. The van der Waals surface area contributed by atoms with Gasteiger partial charge in [0.1, 0.15) is 0 Å². The molecule has 0 unspecified atom stereocenters. The van der Waals surface area contributed by atoms with E-state index >= 15 is 0 Å². The van der Waals surface area contributed by atoms with Crippen LogP contribution < -0.4 is 0 Å². The molecule has 0 N–H and O–H groups in total. The van der Waals surface area contributed by atoms with E-state index in [9.17, 15) is 9.59 Å². The molecule has 0 aromatic heterocycles. The standard InChI is InChI=1S/C11H17NO2/c1-2-6-11(14)12(9-13)10-7-4-3-5-8-10/h2,6,9-10H,3-5,7-8H2,1H3/b6-2+. The minimum Gasteiger partial charge on any atom is -0.279 e. The Morgan fingerprint density at radius 2 is 1.93 bits per heavy atom. The van der Waals surface area contributed by atoms with Crippen LogP contribution in [0.1, 0.15) is 39.0 Å². The van der Waals surface area contributed by atoms with Crippen LogP contribution in [-0.4, -0.2) is 23.3 Å². The largest absolute Gasteiger partial charge is 0.279 e. The third-order valence-electron chi connectivity index (χ3n) is 2.65. The molecule has 0 aromatic rings. The lowest BCUT2D eigenvalue weighted by molar-refractivity contribution is -0.137. The van der Waals surface area contributed by atoms with E-state index in [2.05, 4.69) is 0 Å². The van der Waals surface area contributed by atoms with E-state index in [0.717, 1.165) is 25.7 Å². The molecule has 0 atom stereocenters. The zero-order chi connectivity index (χ0) is 10.4. The monoisotopic (exact) mass is 195 g/mol. The quantitative estimate of drug-likeness (QED) is 0.509. The lowest BCUT2D eigenvalue weighted by atomic mass is 9.94.